The second kappa shape index (κ2) is 6.55. The Kier molecular flexibility index (Phi) is 4.79. The fourth-order valence-electron chi connectivity index (χ4n) is 8.63. The molecule has 1 heterocycles. The van der Waals surface area contributed by atoms with Crippen LogP contribution in [0.25, 0.3) is 0 Å². The Morgan fingerprint density at radius 3 is 2.21 bits per heavy atom. The van der Waals surface area contributed by atoms with Gasteiger partial charge in [-0.1, -0.05) is 20.4 Å². The van der Waals surface area contributed by atoms with Crippen molar-refractivity contribution in [3.05, 3.63) is 12.2 Å². The van der Waals surface area contributed by atoms with Crippen LogP contribution in [0.2, 0.25) is 0 Å². The molecule has 1 N–H and O–H groups in total. The minimum Gasteiger partial charge on any atom is -0.468 e. The van der Waals surface area contributed by atoms with Gasteiger partial charge >= 0.3 is 11.9 Å². The largest absolute Gasteiger partial charge is 0.468 e. The van der Waals surface area contributed by atoms with Crippen LogP contribution < -0.4 is 0 Å². The number of ether oxygens (including phenoxy) is 2. The monoisotopic (exact) mass is 460 g/mol. The van der Waals surface area contributed by atoms with E-state index in [1.54, 1.807) is 6.92 Å². The molecule has 0 spiro atoms. The van der Waals surface area contributed by atoms with Crippen molar-refractivity contribution in [1.29, 1.82) is 0 Å². The van der Waals surface area contributed by atoms with Crippen LogP contribution in [0.3, 0.4) is 0 Å². The van der Waals surface area contributed by atoms with E-state index >= 15 is 0 Å². The van der Waals surface area contributed by atoms with Crippen LogP contribution in [0.1, 0.15) is 73.6 Å². The lowest BCUT2D eigenvalue weighted by molar-refractivity contribution is -0.221. The first-order chi connectivity index (χ1) is 15.0. The molecule has 0 unspecified atom stereocenters. The minimum atomic E-state index is -2.32. The molecule has 0 radical (unpaired) electrons. The normalized spacial score (nSPS) is 48.8. The molecule has 7 nitrogen and oxygen atoms in total. The zero-order valence-electron chi connectivity index (χ0n) is 20.8. The smallest absolute Gasteiger partial charge is 0.324 e. The standard InChI is InChI=1S/C26H36O7/c1-14-23(5)13-16-22(4)11-10-17(27)33-21(2,3)15(22)9-12-24(16,6)26(14,20(30)32-8)19(29)25(7,31)18(23)28/h15-16,31H,1,9-13H2,2-8H3/t15-,16+,22-,23+,24+,25+,26-/m1/s1. The summed E-state index contributed by atoms with van der Waals surface area (Å²) in [6.45, 7) is 14.9. The molecule has 3 aliphatic carbocycles. The van der Waals surface area contributed by atoms with Gasteiger partial charge in [-0.15, -0.1) is 0 Å². The number of hydrogen-bond acceptors (Lipinski definition) is 7. The number of cyclic esters (lactones) is 1. The van der Waals surface area contributed by atoms with Crippen LogP contribution in [0.15, 0.2) is 12.2 Å². The summed E-state index contributed by atoms with van der Waals surface area (Å²) in [7, 11) is 1.22. The van der Waals surface area contributed by atoms with Crippen molar-refractivity contribution in [3.8, 4) is 0 Å². The summed E-state index contributed by atoms with van der Waals surface area (Å²) in [5.74, 6) is -2.81. The van der Waals surface area contributed by atoms with Crippen LogP contribution in [-0.4, -0.2) is 46.9 Å². The van der Waals surface area contributed by atoms with Crippen molar-refractivity contribution in [2.45, 2.75) is 84.8 Å². The number of carbonyl (C=O) groups is 4. The SMILES string of the molecule is C=C1[C@]2(C)C[C@H]3[C@]4(C)CCC(=O)OC(C)(C)[C@H]4CC[C@]3(C)[C@@]1(C(=O)OC)C(=O)[C@@](C)(O)C2=O. The van der Waals surface area contributed by atoms with Crippen LogP contribution in [0.5, 0.6) is 0 Å². The van der Waals surface area contributed by atoms with E-state index in [2.05, 4.69) is 13.5 Å². The molecule has 3 saturated carbocycles. The maximum atomic E-state index is 14.0. The molecule has 182 valence electrons. The third-order valence-electron chi connectivity index (χ3n) is 10.2. The minimum absolute atomic E-state index is 0.0226. The van der Waals surface area contributed by atoms with Crippen molar-refractivity contribution in [2.24, 2.45) is 33.5 Å². The zero-order valence-corrected chi connectivity index (χ0v) is 20.8. The number of ketones is 2. The molecule has 7 atom stereocenters. The summed E-state index contributed by atoms with van der Waals surface area (Å²) in [6, 6.07) is 0. The molecule has 1 saturated heterocycles. The maximum Gasteiger partial charge on any atom is 0.324 e. The van der Waals surface area contributed by atoms with Crippen molar-refractivity contribution < 1.29 is 33.8 Å². The van der Waals surface area contributed by atoms with Crippen LogP contribution in [0.4, 0.5) is 0 Å². The molecular weight excluding hydrogens is 424 g/mol. The van der Waals surface area contributed by atoms with Gasteiger partial charge in [0.1, 0.15) is 5.60 Å². The predicted octanol–water partition coefficient (Wildman–Crippen LogP) is 3.17. The molecule has 0 aromatic heterocycles. The number of Topliss-reactive ketones (excluding diaryl/α,β-unsaturated/α-hetero) is 2. The molecule has 4 rings (SSSR count). The molecule has 1 aliphatic heterocycles. The highest BCUT2D eigenvalue weighted by Gasteiger charge is 2.81. The molecule has 2 bridgehead atoms. The first-order valence-electron chi connectivity index (χ1n) is 11.8. The highest BCUT2D eigenvalue weighted by Crippen LogP contribution is 2.75. The average Bonchev–Trinajstić information content (AvgIpc) is 2.81. The second-order valence-electron chi connectivity index (χ2n) is 12.1. The van der Waals surface area contributed by atoms with Gasteiger partial charge in [0.2, 0.25) is 0 Å². The van der Waals surface area contributed by atoms with Gasteiger partial charge in [0.25, 0.3) is 0 Å². The third kappa shape index (κ3) is 2.50. The third-order valence-corrected chi connectivity index (χ3v) is 10.2. The lowest BCUT2D eigenvalue weighted by atomic mass is 9.31. The van der Waals surface area contributed by atoms with E-state index in [0.717, 1.165) is 0 Å². The highest BCUT2D eigenvalue weighted by molar-refractivity contribution is 6.26. The van der Waals surface area contributed by atoms with Crippen molar-refractivity contribution in [3.63, 3.8) is 0 Å². The van der Waals surface area contributed by atoms with E-state index < -0.39 is 50.4 Å². The molecule has 33 heavy (non-hydrogen) atoms. The highest BCUT2D eigenvalue weighted by atomic mass is 16.6. The van der Waals surface area contributed by atoms with E-state index in [-0.39, 0.29) is 29.8 Å². The molecule has 4 fully saturated rings. The topological polar surface area (TPSA) is 107 Å². The van der Waals surface area contributed by atoms with Gasteiger partial charge in [-0.05, 0) is 75.7 Å². The van der Waals surface area contributed by atoms with E-state index in [4.69, 9.17) is 9.47 Å². The van der Waals surface area contributed by atoms with Crippen LogP contribution >= 0.6 is 0 Å². The van der Waals surface area contributed by atoms with Crippen molar-refractivity contribution in [1.82, 2.24) is 0 Å². The molecule has 0 aromatic carbocycles. The summed E-state index contributed by atoms with van der Waals surface area (Å²) >= 11 is 0. The fraction of sp³-hybridized carbons (Fsp3) is 0.769. The lowest BCUT2D eigenvalue weighted by Crippen LogP contribution is -2.77. The molecular formula is C26H36O7. The fourth-order valence-corrected chi connectivity index (χ4v) is 8.63. The summed E-state index contributed by atoms with van der Waals surface area (Å²) in [5.41, 5.74) is -7.41. The summed E-state index contributed by atoms with van der Waals surface area (Å²) in [6.07, 6.45) is 2.18. The Morgan fingerprint density at radius 1 is 1.03 bits per heavy atom. The van der Waals surface area contributed by atoms with Crippen LogP contribution in [-0.2, 0) is 28.7 Å². The Bertz CT molecular complexity index is 983. The first kappa shape index (κ1) is 24.1. The van der Waals surface area contributed by atoms with E-state index in [1.807, 2.05) is 20.8 Å². The summed E-state index contributed by atoms with van der Waals surface area (Å²) < 4.78 is 11.1. The zero-order chi connectivity index (χ0) is 25.0. The molecule has 4 aliphatic rings. The lowest BCUT2D eigenvalue weighted by Gasteiger charge is -2.70. The number of rotatable bonds is 1. The van der Waals surface area contributed by atoms with E-state index in [1.165, 1.54) is 14.0 Å². The van der Waals surface area contributed by atoms with Gasteiger partial charge < -0.3 is 14.6 Å². The number of esters is 2. The van der Waals surface area contributed by atoms with Gasteiger partial charge in [-0.25, -0.2) is 0 Å². The Balaban J connectivity index is 2.04. The first-order valence-corrected chi connectivity index (χ1v) is 11.8. The van der Waals surface area contributed by atoms with Crippen LogP contribution in [0, 0.1) is 33.5 Å². The number of fused-ring (bicyclic) bond motifs is 6. The summed E-state index contributed by atoms with van der Waals surface area (Å²) in [5, 5.41) is 11.2. The summed E-state index contributed by atoms with van der Waals surface area (Å²) in [4.78, 5) is 53.7. The average molecular weight is 461 g/mol. The number of carbonyl (C=O) groups excluding carboxylic acids is 4. The Hall–Kier alpha value is -2.02. The number of methoxy groups -OCH3 is 1. The van der Waals surface area contributed by atoms with Crippen molar-refractivity contribution in [2.75, 3.05) is 7.11 Å². The number of aliphatic hydroxyl groups is 1. The van der Waals surface area contributed by atoms with Gasteiger partial charge in [0.15, 0.2) is 22.6 Å². The van der Waals surface area contributed by atoms with Gasteiger partial charge in [-0.2, -0.15) is 0 Å². The van der Waals surface area contributed by atoms with Gasteiger partial charge in [-0.3, -0.25) is 19.2 Å². The van der Waals surface area contributed by atoms with Gasteiger partial charge in [0, 0.05) is 12.3 Å². The van der Waals surface area contributed by atoms with E-state index in [0.29, 0.717) is 25.7 Å². The predicted molar refractivity (Wildman–Crippen MR) is 119 cm³/mol. The Labute approximate surface area is 195 Å². The maximum absolute atomic E-state index is 14.0. The Morgan fingerprint density at radius 2 is 1.64 bits per heavy atom. The molecule has 0 amide bonds. The molecule has 7 heteroatoms. The van der Waals surface area contributed by atoms with E-state index in [9.17, 15) is 24.3 Å². The van der Waals surface area contributed by atoms with Crippen molar-refractivity contribution >= 4 is 23.5 Å². The van der Waals surface area contributed by atoms with Gasteiger partial charge in [0.05, 0.1) is 12.5 Å². The second-order valence-corrected chi connectivity index (χ2v) is 12.1. The molecule has 0 aromatic rings. The number of hydrogen-bond donors (Lipinski definition) is 1. The quantitative estimate of drug-likeness (QED) is 0.364.